The highest BCUT2D eigenvalue weighted by molar-refractivity contribution is 7.99. The molecule has 1 fully saturated rings. The molecule has 0 saturated carbocycles. The molecule has 27 heavy (non-hydrogen) atoms. The fourth-order valence-corrected chi connectivity index (χ4v) is 4.98. The standard InChI is InChI=1S/C22H27NO3S/c1-15-4-3-11-23(15)16(2)13-25-19-8-5-17(6-9-19)21-14-27-22-12-18(24)7-10-20(22)26-21/h5-10,12,15-16,21,24H,3-4,11,13-14H2,1-2H3/t15-,16-,21+/m0/s1. The molecule has 144 valence electrons. The van der Waals surface area contributed by atoms with Crippen molar-refractivity contribution in [3.05, 3.63) is 48.0 Å². The molecule has 2 aromatic rings. The Kier molecular flexibility index (Phi) is 5.50. The molecule has 0 radical (unpaired) electrons. The lowest BCUT2D eigenvalue weighted by atomic mass is 10.1. The Balaban J connectivity index is 1.34. The molecule has 2 aliphatic rings. The Bertz CT molecular complexity index is 780. The zero-order chi connectivity index (χ0) is 18.8. The average molecular weight is 386 g/mol. The van der Waals surface area contributed by atoms with Gasteiger partial charge in [0.2, 0.25) is 0 Å². The maximum atomic E-state index is 9.59. The van der Waals surface area contributed by atoms with E-state index in [1.54, 1.807) is 23.9 Å². The van der Waals surface area contributed by atoms with Gasteiger partial charge in [0.1, 0.15) is 30.0 Å². The first-order valence-electron chi connectivity index (χ1n) is 9.71. The van der Waals surface area contributed by atoms with E-state index in [9.17, 15) is 5.11 Å². The van der Waals surface area contributed by atoms with E-state index in [1.807, 2.05) is 18.2 Å². The third-order valence-electron chi connectivity index (χ3n) is 5.50. The molecule has 5 heteroatoms. The third kappa shape index (κ3) is 4.19. The van der Waals surface area contributed by atoms with Crippen molar-refractivity contribution in [2.45, 2.75) is 49.8 Å². The Morgan fingerprint density at radius 2 is 2.07 bits per heavy atom. The highest BCUT2D eigenvalue weighted by atomic mass is 32.2. The van der Waals surface area contributed by atoms with Crippen molar-refractivity contribution >= 4 is 11.8 Å². The molecule has 2 aliphatic heterocycles. The summed E-state index contributed by atoms with van der Waals surface area (Å²) in [5.74, 6) is 2.86. The lowest BCUT2D eigenvalue weighted by Crippen LogP contribution is -2.39. The van der Waals surface area contributed by atoms with Gasteiger partial charge in [0, 0.05) is 17.8 Å². The first kappa shape index (κ1) is 18.5. The van der Waals surface area contributed by atoms with Crippen LogP contribution in [0.15, 0.2) is 47.4 Å². The van der Waals surface area contributed by atoms with Gasteiger partial charge in [-0.05, 0) is 69.1 Å². The third-order valence-corrected chi connectivity index (χ3v) is 6.60. The first-order valence-corrected chi connectivity index (χ1v) is 10.7. The largest absolute Gasteiger partial charge is 0.508 e. The Morgan fingerprint density at radius 3 is 2.81 bits per heavy atom. The summed E-state index contributed by atoms with van der Waals surface area (Å²) < 4.78 is 12.1. The van der Waals surface area contributed by atoms with E-state index in [1.165, 1.54) is 19.4 Å². The summed E-state index contributed by atoms with van der Waals surface area (Å²) in [6.07, 6.45) is 2.61. The maximum absolute atomic E-state index is 9.59. The number of thioether (sulfide) groups is 1. The zero-order valence-electron chi connectivity index (χ0n) is 15.9. The predicted molar refractivity (Wildman–Crippen MR) is 109 cm³/mol. The summed E-state index contributed by atoms with van der Waals surface area (Å²) in [4.78, 5) is 3.53. The van der Waals surface area contributed by atoms with Gasteiger partial charge in [-0.3, -0.25) is 4.90 Å². The van der Waals surface area contributed by atoms with Crippen LogP contribution in [0.4, 0.5) is 0 Å². The highest BCUT2D eigenvalue weighted by Crippen LogP contribution is 2.42. The van der Waals surface area contributed by atoms with Gasteiger partial charge in [-0.15, -0.1) is 11.8 Å². The van der Waals surface area contributed by atoms with Gasteiger partial charge < -0.3 is 14.6 Å². The molecule has 0 spiro atoms. The van der Waals surface area contributed by atoms with Crippen molar-refractivity contribution in [1.29, 1.82) is 0 Å². The molecule has 0 amide bonds. The molecule has 0 aromatic heterocycles. The van der Waals surface area contributed by atoms with E-state index in [2.05, 4.69) is 30.9 Å². The van der Waals surface area contributed by atoms with Crippen molar-refractivity contribution in [2.24, 2.45) is 0 Å². The van der Waals surface area contributed by atoms with Crippen LogP contribution in [0.25, 0.3) is 0 Å². The summed E-state index contributed by atoms with van der Waals surface area (Å²) in [7, 11) is 0. The summed E-state index contributed by atoms with van der Waals surface area (Å²) >= 11 is 1.72. The second-order valence-electron chi connectivity index (χ2n) is 7.51. The molecular formula is C22H27NO3S. The topological polar surface area (TPSA) is 41.9 Å². The predicted octanol–water partition coefficient (Wildman–Crippen LogP) is 4.87. The number of ether oxygens (including phenoxy) is 2. The molecule has 3 atom stereocenters. The number of rotatable bonds is 5. The number of fused-ring (bicyclic) bond motifs is 1. The lowest BCUT2D eigenvalue weighted by Gasteiger charge is -2.28. The van der Waals surface area contributed by atoms with E-state index in [4.69, 9.17) is 9.47 Å². The SMILES string of the molecule is C[C@H]1CCCN1[C@@H](C)COc1ccc([C@H]2CSc3cc(O)ccc3O2)cc1. The molecule has 0 bridgehead atoms. The van der Waals surface area contributed by atoms with Crippen molar-refractivity contribution < 1.29 is 14.6 Å². The van der Waals surface area contributed by atoms with Crippen molar-refractivity contribution in [3.63, 3.8) is 0 Å². The van der Waals surface area contributed by atoms with E-state index in [-0.39, 0.29) is 11.9 Å². The van der Waals surface area contributed by atoms with Crippen LogP contribution in [0.2, 0.25) is 0 Å². The lowest BCUT2D eigenvalue weighted by molar-refractivity contribution is 0.141. The number of phenolic OH excluding ortho intramolecular Hbond substituents is 1. The van der Waals surface area contributed by atoms with Crippen LogP contribution in [0.3, 0.4) is 0 Å². The molecular weight excluding hydrogens is 358 g/mol. The summed E-state index contributed by atoms with van der Waals surface area (Å²) in [6, 6.07) is 14.6. The van der Waals surface area contributed by atoms with Crippen LogP contribution in [0, 0.1) is 0 Å². The Labute approximate surface area is 165 Å². The van der Waals surface area contributed by atoms with Crippen LogP contribution in [-0.4, -0.2) is 41.0 Å². The van der Waals surface area contributed by atoms with Crippen molar-refractivity contribution in [3.8, 4) is 17.2 Å². The number of phenols is 1. The minimum atomic E-state index is 0.0189. The van der Waals surface area contributed by atoms with Crippen LogP contribution < -0.4 is 9.47 Å². The van der Waals surface area contributed by atoms with E-state index in [0.717, 1.165) is 34.3 Å². The van der Waals surface area contributed by atoms with Gasteiger partial charge in [-0.25, -0.2) is 0 Å². The zero-order valence-corrected chi connectivity index (χ0v) is 16.7. The van der Waals surface area contributed by atoms with Gasteiger partial charge in [0.15, 0.2) is 0 Å². The molecule has 0 unspecified atom stereocenters. The summed E-state index contributed by atoms with van der Waals surface area (Å²) in [5.41, 5.74) is 1.15. The minimum Gasteiger partial charge on any atom is -0.508 e. The number of hydrogen-bond acceptors (Lipinski definition) is 5. The van der Waals surface area contributed by atoms with E-state index >= 15 is 0 Å². The van der Waals surface area contributed by atoms with Gasteiger partial charge >= 0.3 is 0 Å². The van der Waals surface area contributed by atoms with Crippen molar-refractivity contribution in [1.82, 2.24) is 4.90 Å². The monoisotopic (exact) mass is 385 g/mol. The number of benzene rings is 2. The van der Waals surface area contributed by atoms with Gasteiger partial charge in [-0.2, -0.15) is 0 Å². The Morgan fingerprint density at radius 1 is 1.26 bits per heavy atom. The van der Waals surface area contributed by atoms with Crippen molar-refractivity contribution in [2.75, 3.05) is 18.9 Å². The van der Waals surface area contributed by atoms with Crippen LogP contribution in [-0.2, 0) is 0 Å². The molecule has 2 heterocycles. The molecule has 2 aromatic carbocycles. The van der Waals surface area contributed by atoms with Crippen LogP contribution in [0.1, 0.15) is 38.4 Å². The van der Waals surface area contributed by atoms with Gasteiger partial charge in [0.05, 0.1) is 4.90 Å². The van der Waals surface area contributed by atoms with Crippen LogP contribution in [0.5, 0.6) is 17.2 Å². The molecule has 0 aliphatic carbocycles. The number of hydrogen-bond donors (Lipinski definition) is 1. The van der Waals surface area contributed by atoms with E-state index in [0.29, 0.717) is 12.1 Å². The molecule has 1 N–H and O–H groups in total. The Hall–Kier alpha value is -1.85. The highest BCUT2D eigenvalue weighted by Gasteiger charge is 2.25. The molecule has 4 nitrogen and oxygen atoms in total. The fraction of sp³-hybridized carbons (Fsp3) is 0.455. The summed E-state index contributed by atoms with van der Waals surface area (Å²) in [5, 5.41) is 9.59. The second-order valence-corrected chi connectivity index (χ2v) is 8.57. The minimum absolute atomic E-state index is 0.0189. The number of likely N-dealkylation sites (tertiary alicyclic amines) is 1. The molecule has 4 rings (SSSR count). The van der Waals surface area contributed by atoms with Crippen LogP contribution >= 0.6 is 11.8 Å². The molecule has 1 saturated heterocycles. The normalized spacial score (nSPS) is 23.5. The quantitative estimate of drug-likeness (QED) is 0.795. The van der Waals surface area contributed by atoms with Gasteiger partial charge in [-0.1, -0.05) is 12.1 Å². The van der Waals surface area contributed by atoms with Gasteiger partial charge in [0.25, 0.3) is 0 Å². The van der Waals surface area contributed by atoms with E-state index < -0.39 is 0 Å². The smallest absolute Gasteiger partial charge is 0.134 e. The number of nitrogens with zero attached hydrogens (tertiary/aromatic N) is 1. The maximum Gasteiger partial charge on any atom is 0.134 e. The first-order chi connectivity index (χ1) is 13.1. The average Bonchev–Trinajstić information content (AvgIpc) is 3.12. The number of aromatic hydroxyl groups is 1. The summed E-state index contributed by atoms with van der Waals surface area (Å²) in [6.45, 7) is 6.45. The fourth-order valence-electron chi connectivity index (χ4n) is 3.93. The second kappa shape index (κ2) is 8.03.